The predicted molar refractivity (Wildman–Crippen MR) is 171 cm³/mol. The summed E-state index contributed by atoms with van der Waals surface area (Å²) in [5.41, 5.74) is 3.11. The second kappa shape index (κ2) is 14.5. The highest BCUT2D eigenvalue weighted by Gasteiger charge is 2.35. The van der Waals surface area contributed by atoms with Gasteiger partial charge in [-0.25, -0.2) is 12.8 Å². The number of benzene rings is 4. The van der Waals surface area contributed by atoms with Crippen LogP contribution in [0.2, 0.25) is 5.02 Å². The van der Waals surface area contributed by atoms with Crippen LogP contribution in [0.4, 0.5) is 10.1 Å². The molecule has 4 rings (SSSR count). The lowest BCUT2D eigenvalue weighted by Crippen LogP contribution is -2.53. The van der Waals surface area contributed by atoms with Gasteiger partial charge in [0.25, 0.3) is 10.0 Å². The molecule has 0 aliphatic heterocycles. The molecule has 4 aromatic rings. The Labute approximate surface area is 263 Å². The number of hydrogen-bond donors (Lipinski definition) is 1. The molecule has 0 saturated carbocycles. The Balaban J connectivity index is 1.81. The fourth-order valence-electron chi connectivity index (χ4n) is 4.88. The minimum atomic E-state index is -4.24. The standard InChI is InChI=1S/C34H35ClFN3O4S/c1-4-37-34(41)32(21-26-8-6-5-7-9-26)38(22-27-12-15-29(36)16-13-27)33(40)23-39(31-19-14-28(35)20-25(31)3)44(42,43)30-17-10-24(2)11-18-30/h5-20,32H,4,21-23H2,1-3H3,(H,37,41). The van der Waals surface area contributed by atoms with Gasteiger partial charge in [0.15, 0.2) is 0 Å². The van der Waals surface area contributed by atoms with Crippen LogP contribution in [0.15, 0.2) is 102 Å². The molecular formula is C34H35ClFN3O4S. The maximum Gasteiger partial charge on any atom is 0.264 e. The summed E-state index contributed by atoms with van der Waals surface area (Å²) in [5, 5.41) is 3.24. The molecule has 0 radical (unpaired) electrons. The van der Waals surface area contributed by atoms with Gasteiger partial charge in [0.1, 0.15) is 18.4 Å². The molecule has 0 spiro atoms. The second-order valence-corrected chi connectivity index (χ2v) is 12.8. The summed E-state index contributed by atoms with van der Waals surface area (Å²) >= 11 is 6.20. The van der Waals surface area contributed by atoms with E-state index in [0.717, 1.165) is 15.4 Å². The molecule has 1 N–H and O–H groups in total. The monoisotopic (exact) mass is 635 g/mol. The van der Waals surface area contributed by atoms with E-state index in [-0.39, 0.29) is 29.5 Å². The van der Waals surface area contributed by atoms with E-state index in [2.05, 4.69) is 5.32 Å². The molecule has 7 nitrogen and oxygen atoms in total. The average Bonchev–Trinajstić information content (AvgIpc) is 2.99. The highest BCUT2D eigenvalue weighted by molar-refractivity contribution is 7.92. The van der Waals surface area contributed by atoms with Crippen LogP contribution >= 0.6 is 11.6 Å². The highest BCUT2D eigenvalue weighted by Crippen LogP contribution is 2.30. The van der Waals surface area contributed by atoms with Crippen LogP contribution < -0.4 is 9.62 Å². The molecule has 0 bridgehead atoms. The number of carbonyl (C=O) groups excluding carboxylic acids is 2. The number of hydrogen-bond acceptors (Lipinski definition) is 4. The van der Waals surface area contributed by atoms with Gasteiger partial charge >= 0.3 is 0 Å². The first kappa shape index (κ1) is 32.7. The third kappa shape index (κ3) is 8.03. The Kier molecular flexibility index (Phi) is 10.8. The topological polar surface area (TPSA) is 86.8 Å². The number of nitrogens with zero attached hydrogens (tertiary/aromatic N) is 2. The van der Waals surface area contributed by atoms with Gasteiger partial charge in [0, 0.05) is 24.5 Å². The van der Waals surface area contributed by atoms with E-state index in [4.69, 9.17) is 11.6 Å². The summed E-state index contributed by atoms with van der Waals surface area (Å²) in [4.78, 5) is 29.3. The number of nitrogens with one attached hydrogen (secondary N) is 1. The second-order valence-electron chi connectivity index (χ2n) is 10.5. The van der Waals surface area contributed by atoms with Gasteiger partial charge in [-0.1, -0.05) is 71.8 Å². The molecule has 0 aliphatic carbocycles. The number of sulfonamides is 1. The molecule has 2 amide bonds. The minimum Gasteiger partial charge on any atom is -0.355 e. The lowest BCUT2D eigenvalue weighted by Gasteiger charge is -2.34. The van der Waals surface area contributed by atoms with Crippen molar-refractivity contribution in [3.8, 4) is 0 Å². The number of carbonyl (C=O) groups is 2. The SMILES string of the molecule is CCNC(=O)C(Cc1ccccc1)N(Cc1ccc(F)cc1)C(=O)CN(c1ccc(Cl)cc1C)S(=O)(=O)c1ccc(C)cc1. The summed E-state index contributed by atoms with van der Waals surface area (Å²) in [6.45, 7) is 5.04. The minimum absolute atomic E-state index is 0.0138. The molecule has 230 valence electrons. The van der Waals surface area contributed by atoms with Crippen molar-refractivity contribution in [3.05, 3.63) is 130 Å². The Bertz CT molecular complexity index is 1700. The van der Waals surface area contributed by atoms with Crippen LogP contribution in [-0.4, -0.2) is 44.3 Å². The van der Waals surface area contributed by atoms with Crippen molar-refractivity contribution in [2.75, 3.05) is 17.4 Å². The molecule has 44 heavy (non-hydrogen) atoms. The maximum atomic E-state index is 14.4. The first-order chi connectivity index (χ1) is 21.0. The summed E-state index contributed by atoms with van der Waals surface area (Å²) in [6, 6.07) is 25.0. The average molecular weight is 636 g/mol. The molecule has 0 aliphatic rings. The fraction of sp³-hybridized carbons (Fsp3) is 0.235. The number of likely N-dealkylation sites (N-methyl/N-ethyl adjacent to an activating group) is 1. The van der Waals surface area contributed by atoms with Crippen molar-refractivity contribution >= 4 is 39.1 Å². The predicted octanol–water partition coefficient (Wildman–Crippen LogP) is 6.07. The van der Waals surface area contributed by atoms with Crippen molar-refractivity contribution in [2.45, 2.75) is 44.7 Å². The third-order valence-electron chi connectivity index (χ3n) is 7.20. The quantitative estimate of drug-likeness (QED) is 0.205. The van der Waals surface area contributed by atoms with Gasteiger partial charge in [-0.2, -0.15) is 0 Å². The number of anilines is 1. The zero-order chi connectivity index (χ0) is 31.9. The van der Waals surface area contributed by atoms with Crippen LogP contribution in [0, 0.1) is 19.7 Å². The van der Waals surface area contributed by atoms with Crippen LogP contribution in [0.5, 0.6) is 0 Å². The van der Waals surface area contributed by atoms with Gasteiger partial charge in [-0.05, 0) is 79.9 Å². The molecule has 1 unspecified atom stereocenters. The molecule has 0 aromatic heterocycles. The molecule has 0 saturated heterocycles. The number of halogens is 2. The molecule has 4 aromatic carbocycles. The van der Waals surface area contributed by atoms with E-state index in [1.54, 1.807) is 44.2 Å². The fourth-order valence-corrected chi connectivity index (χ4v) is 6.59. The normalized spacial score (nSPS) is 11.9. The van der Waals surface area contributed by atoms with E-state index in [1.807, 2.05) is 37.3 Å². The Morgan fingerprint density at radius 3 is 2.16 bits per heavy atom. The summed E-state index contributed by atoms with van der Waals surface area (Å²) in [5.74, 6) is -1.43. The Morgan fingerprint density at radius 1 is 0.886 bits per heavy atom. The van der Waals surface area contributed by atoms with Crippen molar-refractivity contribution in [1.29, 1.82) is 0 Å². The molecule has 0 fully saturated rings. The summed E-state index contributed by atoms with van der Waals surface area (Å²) < 4.78 is 43.1. The number of amides is 2. The number of rotatable bonds is 12. The summed E-state index contributed by atoms with van der Waals surface area (Å²) in [6.07, 6.45) is 0.185. The first-order valence-electron chi connectivity index (χ1n) is 14.2. The van der Waals surface area contributed by atoms with E-state index in [0.29, 0.717) is 22.7 Å². The smallest absolute Gasteiger partial charge is 0.264 e. The van der Waals surface area contributed by atoms with Gasteiger partial charge in [0.2, 0.25) is 11.8 Å². The Morgan fingerprint density at radius 2 is 1.55 bits per heavy atom. The van der Waals surface area contributed by atoms with Gasteiger partial charge in [0.05, 0.1) is 10.6 Å². The largest absolute Gasteiger partial charge is 0.355 e. The third-order valence-corrected chi connectivity index (χ3v) is 9.21. The van der Waals surface area contributed by atoms with Crippen LogP contribution in [-0.2, 0) is 32.6 Å². The van der Waals surface area contributed by atoms with Crippen molar-refractivity contribution in [1.82, 2.24) is 10.2 Å². The van der Waals surface area contributed by atoms with Crippen molar-refractivity contribution in [3.63, 3.8) is 0 Å². The lowest BCUT2D eigenvalue weighted by molar-refractivity contribution is -0.140. The highest BCUT2D eigenvalue weighted by atomic mass is 35.5. The lowest BCUT2D eigenvalue weighted by atomic mass is 10.0. The van der Waals surface area contributed by atoms with Crippen LogP contribution in [0.1, 0.15) is 29.2 Å². The maximum absolute atomic E-state index is 14.4. The number of aryl methyl sites for hydroxylation is 2. The van der Waals surface area contributed by atoms with E-state index in [1.165, 1.54) is 41.3 Å². The summed E-state index contributed by atoms with van der Waals surface area (Å²) in [7, 11) is -4.24. The Hall–Kier alpha value is -4.21. The van der Waals surface area contributed by atoms with Crippen LogP contribution in [0.25, 0.3) is 0 Å². The molecule has 0 heterocycles. The van der Waals surface area contributed by atoms with Crippen LogP contribution in [0.3, 0.4) is 0 Å². The van der Waals surface area contributed by atoms with Gasteiger partial charge < -0.3 is 10.2 Å². The first-order valence-corrected chi connectivity index (χ1v) is 16.0. The molecule has 10 heteroatoms. The van der Waals surface area contributed by atoms with Gasteiger partial charge in [-0.3, -0.25) is 13.9 Å². The van der Waals surface area contributed by atoms with E-state index in [9.17, 15) is 22.4 Å². The van der Waals surface area contributed by atoms with E-state index >= 15 is 0 Å². The van der Waals surface area contributed by atoms with Crippen molar-refractivity contribution < 1.29 is 22.4 Å². The van der Waals surface area contributed by atoms with Crippen molar-refractivity contribution in [2.24, 2.45) is 0 Å². The zero-order valence-electron chi connectivity index (χ0n) is 24.8. The molecular weight excluding hydrogens is 601 g/mol. The zero-order valence-corrected chi connectivity index (χ0v) is 26.4. The van der Waals surface area contributed by atoms with Gasteiger partial charge in [-0.15, -0.1) is 0 Å². The van der Waals surface area contributed by atoms with E-state index < -0.39 is 34.3 Å². The molecule has 1 atom stereocenters.